The number of fused-ring (bicyclic) bond motifs is 1. The summed E-state index contributed by atoms with van der Waals surface area (Å²) in [6.07, 6.45) is 0.591. The topological polar surface area (TPSA) is 77.4 Å². The molecule has 8 heteroatoms. The van der Waals surface area contributed by atoms with E-state index in [2.05, 4.69) is 4.72 Å². The van der Waals surface area contributed by atoms with Crippen LogP contribution in [0.3, 0.4) is 0 Å². The molecule has 33 heavy (non-hydrogen) atoms. The second kappa shape index (κ2) is 9.51. The van der Waals surface area contributed by atoms with Gasteiger partial charge in [0, 0.05) is 6.04 Å². The summed E-state index contributed by atoms with van der Waals surface area (Å²) in [5.41, 5.74) is 3.56. The van der Waals surface area contributed by atoms with E-state index in [0.29, 0.717) is 17.7 Å². The molecule has 0 unspecified atom stereocenters. The zero-order valence-corrected chi connectivity index (χ0v) is 20.4. The maximum Gasteiger partial charge on any atom is 0.308 e. The average molecular weight is 483 g/mol. The summed E-state index contributed by atoms with van der Waals surface area (Å²) in [6, 6.07) is 19.9. The highest BCUT2D eigenvalue weighted by Gasteiger charge is 2.22. The van der Waals surface area contributed by atoms with E-state index in [-0.39, 0.29) is 15.8 Å². The molecule has 0 aliphatic heterocycles. The maximum absolute atomic E-state index is 13.2. The molecule has 1 N–H and O–H groups in total. The molecule has 4 aromatic rings. The second-order valence-corrected chi connectivity index (χ2v) is 10.6. The fourth-order valence-electron chi connectivity index (χ4n) is 3.89. The Balaban J connectivity index is 1.63. The molecule has 0 aliphatic rings. The highest BCUT2D eigenvalue weighted by Crippen LogP contribution is 2.27. The first-order valence-corrected chi connectivity index (χ1v) is 13.0. The molecular formula is C25H26N2O4S2. The lowest BCUT2D eigenvalue weighted by atomic mass is 10.0. The van der Waals surface area contributed by atoms with Crippen LogP contribution in [0.15, 0.2) is 76.4 Å². The highest BCUT2D eigenvalue weighted by atomic mass is 32.2. The Morgan fingerprint density at radius 3 is 2.48 bits per heavy atom. The number of nitrogens with zero attached hydrogens (tertiary/aromatic N) is 1. The number of sulfonamides is 1. The monoisotopic (exact) mass is 482 g/mol. The largest absolute Gasteiger partial charge is 0.496 e. The Hall–Kier alpha value is -2.94. The van der Waals surface area contributed by atoms with Gasteiger partial charge in [0.25, 0.3) is 0 Å². The number of nitrogens with one attached hydrogen (secondary N) is 1. The lowest BCUT2D eigenvalue weighted by Gasteiger charge is -2.19. The lowest BCUT2D eigenvalue weighted by Crippen LogP contribution is -2.28. The van der Waals surface area contributed by atoms with Gasteiger partial charge >= 0.3 is 4.87 Å². The lowest BCUT2D eigenvalue weighted by molar-refractivity contribution is 0.411. The summed E-state index contributed by atoms with van der Waals surface area (Å²) in [5.74, 6) is 0.761. The molecule has 0 saturated heterocycles. The number of hydrogen-bond acceptors (Lipinski definition) is 5. The SMILES string of the molecule is CC[C@H](NS(=O)(=O)c1ccc2c(c1)sc(=O)n2Cc1ccccc1)c1ccc(OC)c(C)c1. The molecule has 1 heterocycles. The molecular weight excluding hydrogens is 456 g/mol. The van der Waals surface area contributed by atoms with Gasteiger partial charge in [-0.2, -0.15) is 0 Å². The molecule has 172 valence electrons. The van der Waals surface area contributed by atoms with Crippen molar-refractivity contribution in [1.82, 2.24) is 9.29 Å². The zero-order valence-electron chi connectivity index (χ0n) is 18.7. The Morgan fingerprint density at radius 2 is 1.82 bits per heavy atom. The van der Waals surface area contributed by atoms with Crippen molar-refractivity contribution in [3.63, 3.8) is 0 Å². The molecule has 1 atom stereocenters. The molecule has 1 aromatic heterocycles. The van der Waals surface area contributed by atoms with Gasteiger partial charge in [-0.05, 0) is 54.3 Å². The van der Waals surface area contributed by atoms with E-state index in [1.807, 2.05) is 62.4 Å². The number of rotatable bonds is 8. The number of ether oxygens (including phenoxy) is 1. The zero-order chi connectivity index (χ0) is 23.6. The number of benzene rings is 3. The third-order valence-corrected chi connectivity index (χ3v) is 8.07. The first kappa shape index (κ1) is 23.2. The van der Waals surface area contributed by atoms with Crippen molar-refractivity contribution < 1.29 is 13.2 Å². The van der Waals surface area contributed by atoms with Gasteiger partial charge in [0.05, 0.1) is 28.8 Å². The third kappa shape index (κ3) is 4.88. The molecule has 0 bridgehead atoms. The van der Waals surface area contributed by atoms with E-state index < -0.39 is 10.0 Å². The molecule has 0 amide bonds. The van der Waals surface area contributed by atoms with Crippen LogP contribution in [0.1, 0.15) is 36.1 Å². The summed E-state index contributed by atoms with van der Waals surface area (Å²) in [5, 5.41) is 0. The van der Waals surface area contributed by atoms with E-state index in [0.717, 1.165) is 39.3 Å². The van der Waals surface area contributed by atoms with Gasteiger partial charge in [-0.1, -0.05) is 60.7 Å². The predicted molar refractivity (Wildman–Crippen MR) is 133 cm³/mol. The average Bonchev–Trinajstić information content (AvgIpc) is 3.12. The molecule has 0 fully saturated rings. The van der Waals surface area contributed by atoms with E-state index in [9.17, 15) is 13.2 Å². The first-order chi connectivity index (χ1) is 15.8. The summed E-state index contributed by atoms with van der Waals surface area (Å²) in [7, 11) is -2.18. The fourth-order valence-corrected chi connectivity index (χ4v) is 6.23. The Bertz CT molecular complexity index is 1440. The van der Waals surface area contributed by atoms with Crippen molar-refractivity contribution >= 4 is 31.6 Å². The van der Waals surface area contributed by atoms with E-state index in [4.69, 9.17) is 4.74 Å². The van der Waals surface area contributed by atoms with Gasteiger partial charge in [0.1, 0.15) is 5.75 Å². The van der Waals surface area contributed by atoms with Crippen molar-refractivity contribution in [2.75, 3.05) is 7.11 Å². The number of methoxy groups -OCH3 is 1. The van der Waals surface area contributed by atoms with Gasteiger partial charge < -0.3 is 4.74 Å². The Morgan fingerprint density at radius 1 is 1.06 bits per heavy atom. The van der Waals surface area contributed by atoms with Crippen LogP contribution < -0.4 is 14.3 Å². The fraction of sp³-hybridized carbons (Fsp3) is 0.240. The van der Waals surface area contributed by atoms with Crippen molar-refractivity contribution in [2.24, 2.45) is 0 Å². The number of aryl methyl sites for hydroxylation is 1. The Kier molecular flexibility index (Phi) is 6.69. The van der Waals surface area contributed by atoms with Gasteiger partial charge in [0.15, 0.2) is 0 Å². The molecule has 3 aromatic carbocycles. The van der Waals surface area contributed by atoms with Gasteiger partial charge in [-0.3, -0.25) is 9.36 Å². The number of hydrogen-bond donors (Lipinski definition) is 1. The number of aromatic nitrogens is 1. The molecule has 4 rings (SSSR count). The van der Waals surface area contributed by atoms with Crippen LogP contribution in [0.5, 0.6) is 5.75 Å². The van der Waals surface area contributed by atoms with Crippen LogP contribution in [0, 0.1) is 6.92 Å². The van der Waals surface area contributed by atoms with E-state index in [1.54, 1.807) is 29.9 Å². The summed E-state index contributed by atoms with van der Waals surface area (Å²) >= 11 is 1.06. The standard InChI is InChI=1S/C25H26N2O4S2/c1-4-21(19-10-13-23(31-3)17(2)14-19)26-33(29,30)20-11-12-22-24(15-20)32-25(28)27(22)16-18-8-6-5-7-9-18/h5-15,21,26H,4,16H2,1-3H3/t21-/m0/s1. The van der Waals surface area contributed by atoms with Crippen LogP contribution in [-0.2, 0) is 16.6 Å². The molecule has 0 radical (unpaired) electrons. The van der Waals surface area contributed by atoms with Crippen LogP contribution >= 0.6 is 11.3 Å². The van der Waals surface area contributed by atoms with Crippen molar-refractivity contribution in [3.8, 4) is 5.75 Å². The minimum atomic E-state index is -3.79. The molecule has 6 nitrogen and oxygen atoms in total. The summed E-state index contributed by atoms with van der Waals surface area (Å²) < 4.78 is 36.8. The van der Waals surface area contributed by atoms with Gasteiger partial charge in [0.2, 0.25) is 10.0 Å². The van der Waals surface area contributed by atoms with E-state index >= 15 is 0 Å². The molecule has 0 aliphatic carbocycles. The molecule has 0 saturated carbocycles. The third-order valence-electron chi connectivity index (χ3n) is 5.66. The van der Waals surface area contributed by atoms with Gasteiger partial charge in [-0.15, -0.1) is 0 Å². The van der Waals surface area contributed by atoms with Gasteiger partial charge in [-0.25, -0.2) is 13.1 Å². The van der Waals surface area contributed by atoms with Crippen molar-refractivity contribution in [3.05, 3.63) is 93.1 Å². The van der Waals surface area contributed by atoms with Crippen LogP contribution in [-0.4, -0.2) is 20.1 Å². The van der Waals surface area contributed by atoms with Crippen LogP contribution in [0.2, 0.25) is 0 Å². The number of thiazole rings is 1. The van der Waals surface area contributed by atoms with Crippen LogP contribution in [0.25, 0.3) is 10.2 Å². The highest BCUT2D eigenvalue weighted by molar-refractivity contribution is 7.89. The normalized spacial score (nSPS) is 12.7. The summed E-state index contributed by atoms with van der Waals surface area (Å²) in [4.78, 5) is 12.6. The second-order valence-electron chi connectivity index (χ2n) is 7.88. The van der Waals surface area contributed by atoms with Crippen LogP contribution in [0.4, 0.5) is 0 Å². The maximum atomic E-state index is 13.2. The summed E-state index contributed by atoms with van der Waals surface area (Å²) in [6.45, 7) is 4.31. The Labute approximate surface area is 197 Å². The van der Waals surface area contributed by atoms with Crippen molar-refractivity contribution in [2.45, 2.75) is 37.8 Å². The van der Waals surface area contributed by atoms with Crippen molar-refractivity contribution in [1.29, 1.82) is 0 Å². The predicted octanol–water partition coefficient (Wildman–Crippen LogP) is 4.86. The molecule has 0 spiro atoms. The first-order valence-electron chi connectivity index (χ1n) is 10.7. The minimum Gasteiger partial charge on any atom is -0.496 e. The minimum absolute atomic E-state index is 0.114. The van der Waals surface area contributed by atoms with E-state index in [1.165, 1.54) is 0 Å². The smallest absolute Gasteiger partial charge is 0.308 e. The quantitative estimate of drug-likeness (QED) is 0.389.